The summed E-state index contributed by atoms with van der Waals surface area (Å²) in [6.07, 6.45) is 0. The molecule has 6 nitrogen and oxygen atoms in total. The Morgan fingerprint density at radius 2 is 1.69 bits per heavy atom. The Hall–Kier alpha value is -1.65. The van der Waals surface area contributed by atoms with Crippen LogP contribution in [0.5, 0.6) is 0 Å². The second-order valence-electron chi connectivity index (χ2n) is 6.28. The number of nitrogens with zero attached hydrogens (tertiary/aromatic N) is 2. The lowest BCUT2D eigenvalue weighted by molar-refractivity contribution is 0.102. The molecule has 0 heterocycles. The summed E-state index contributed by atoms with van der Waals surface area (Å²) in [4.78, 5) is 14.8. The zero-order valence-corrected chi connectivity index (χ0v) is 18.3. The van der Waals surface area contributed by atoms with Gasteiger partial charge in [0.1, 0.15) is 0 Å². The van der Waals surface area contributed by atoms with E-state index < -0.39 is 10.0 Å². The number of hydrogen-bond acceptors (Lipinski definition) is 4. The Labute approximate surface area is 168 Å². The van der Waals surface area contributed by atoms with Crippen LogP contribution in [0.15, 0.2) is 41.3 Å². The van der Waals surface area contributed by atoms with Gasteiger partial charge in [-0.2, -0.15) is 0 Å². The third-order valence-corrected chi connectivity index (χ3v) is 6.65. The summed E-state index contributed by atoms with van der Waals surface area (Å²) in [5.74, 6) is -0.345. The molecule has 0 unspecified atom stereocenters. The maximum Gasteiger partial charge on any atom is 0.256 e. The van der Waals surface area contributed by atoms with E-state index in [2.05, 4.69) is 5.32 Å². The summed E-state index contributed by atoms with van der Waals surface area (Å²) < 4.78 is 26.4. The van der Waals surface area contributed by atoms with E-state index in [1.807, 2.05) is 66.7 Å². The number of amides is 1. The molecule has 0 bridgehead atoms. The van der Waals surface area contributed by atoms with Gasteiger partial charge in [0.25, 0.3) is 5.91 Å². The van der Waals surface area contributed by atoms with Crippen molar-refractivity contribution in [1.29, 1.82) is 0 Å². The molecule has 0 aliphatic heterocycles. The van der Waals surface area contributed by atoms with Crippen molar-refractivity contribution in [3.05, 3.63) is 51.1 Å². The smallest absolute Gasteiger partial charge is 0.256 e. The van der Waals surface area contributed by atoms with E-state index in [0.29, 0.717) is 14.8 Å². The molecule has 0 atom stereocenters. The van der Waals surface area contributed by atoms with Gasteiger partial charge in [-0.1, -0.05) is 0 Å². The lowest BCUT2D eigenvalue weighted by Crippen LogP contribution is -2.23. The number of sulfonamides is 1. The minimum absolute atomic E-state index is 0.0900. The summed E-state index contributed by atoms with van der Waals surface area (Å²) in [5.41, 5.74) is 3.08. The summed E-state index contributed by atoms with van der Waals surface area (Å²) in [6, 6.07) is 10.2. The average molecular weight is 487 g/mol. The van der Waals surface area contributed by atoms with Crippen molar-refractivity contribution in [2.24, 2.45) is 0 Å². The highest BCUT2D eigenvalue weighted by Gasteiger charge is 2.20. The van der Waals surface area contributed by atoms with Gasteiger partial charge in [-0.15, -0.1) is 0 Å². The van der Waals surface area contributed by atoms with Gasteiger partial charge in [0.05, 0.1) is 10.5 Å². The minimum atomic E-state index is -3.60. The zero-order valence-electron chi connectivity index (χ0n) is 15.4. The molecule has 8 heteroatoms. The zero-order chi connectivity index (χ0) is 19.6. The van der Waals surface area contributed by atoms with Crippen LogP contribution in [0.4, 0.5) is 11.4 Å². The van der Waals surface area contributed by atoms with Crippen LogP contribution in [-0.2, 0) is 10.0 Å². The topological polar surface area (TPSA) is 69.7 Å². The summed E-state index contributed by atoms with van der Waals surface area (Å²) in [6.45, 7) is 1.97. The standard InChI is InChI=1S/C18H22IN3O3S/c1-12-10-13(6-9-17(12)21(2)3)20-18(23)15-11-14(7-8-16(15)19)26(24,25)22(4)5/h6-11H,1-5H3,(H,20,23). The monoisotopic (exact) mass is 487 g/mol. The predicted molar refractivity (Wildman–Crippen MR) is 113 cm³/mol. The normalized spacial score (nSPS) is 11.5. The van der Waals surface area contributed by atoms with Gasteiger partial charge in [0, 0.05) is 43.1 Å². The molecule has 1 N–H and O–H groups in total. The maximum absolute atomic E-state index is 12.7. The first kappa shape index (κ1) is 20.7. The van der Waals surface area contributed by atoms with Crippen LogP contribution >= 0.6 is 22.6 Å². The third kappa shape index (κ3) is 4.36. The fourth-order valence-corrected chi connectivity index (χ4v) is 3.99. The van der Waals surface area contributed by atoms with Gasteiger partial charge < -0.3 is 10.2 Å². The third-order valence-electron chi connectivity index (χ3n) is 3.90. The molecule has 0 fully saturated rings. The SMILES string of the molecule is Cc1cc(NC(=O)c2cc(S(=O)(=O)N(C)C)ccc2I)ccc1N(C)C. The Morgan fingerprint density at radius 3 is 2.23 bits per heavy atom. The van der Waals surface area contributed by atoms with E-state index in [4.69, 9.17) is 0 Å². The van der Waals surface area contributed by atoms with Crippen molar-refractivity contribution in [2.75, 3.05) is 38.4 Å². The number of aryl methyl sites for hydroxylation is 1. The Bertz CT molecular complexity index is 941. The van der Waals surface area contributed by atoms with Gasteiger partial charge >= 0.3 is 0 Å². The van der Waals surface area contributed by atoms with Crippen LogP contribution in [-0.4, -0.2) is 46.8 Å². The molecule has 2 aromatic rings. The van der Waals surface area contributed by atoms with Crippen LogP contribution in [0, 0.1) is 10.5 Å². The molecule has 0 saturated heterocycles. The number of halogens is 1. The van der Waals surface area contributed by atoms with Gasteiger partial charge in [-0.3, -0.25) is 4.79 Å². The number of carbonyl (C=O) groups excluding carboxylic acids is 1. The number of carbonyl (C=O) groups is 1. The Kier molecular flexibility index (Phi) is 6.30. The van der Waals surface area contributed by atoms with Gasteiger partial charge in [-0.25, -0.2) is 12.7 Å². The summed E-state index contributed by atoms with van der Waals surface area (Å²) in [7, 11) is 3.24. The van der Waals surface area contributed by atoms with Crippen LogP contribution in [0.2, 0.25) is 0 Å². The maximum atomic E-state index is 12.7. The lowest BCUT2D eigenvalue weighted by atomic mass is 10.1. The van der Waals surface area contributed by atoms with Gasteiger partial charge in [-0.05, 0) is 71.5 Å². The largest absolute Gasteiger partial charge is 0.377 e. The van der Waals surface area contributed by atoms with Crippen molar-refractivity contribution in [3.63, 3.8) is 0 Å². The molecular weight excluding hydrogens is 465 g/mol. The molecule has 0 saturated carbocycles. The van der Waals surface area contributed by atoms with Crippen LogP contribution in [0.25, 0.3) is 0 Å². The molecule has 0 aromatic heterocycles. The highest BCUT2D eigenvalue weighted by Crippen LogP contribution is 2.24. The molecule has 2 aromatic carbocycles. The fraction of sp³-hybridized carbons (Fsp3) is 0.278. The average Bonchev–Trinajstić information content (AvgIpc) is 2.54. The minimum Gasteiger partial charge on any atom is -0.377 e. The molecule has 0 radical (unpaired) electrons. The van der Waals surface area contributed by atoms with Crippen molar-refractivity contribution < 1.29 is 13.2 Å². The highest BCUT2D eigenvalue weighted by molar-refractivity contribution is 14.1. The van der Waals surface area contributed by atoms with E-state index in [1.165, 1.54) is 26.2 Å². The van der Waals surface area contributed by atoms with E-state index in [0.717, 1.165) is 15.6 Å². The molecule has 0 aliphatic rings. The van der Waals surface area contributed by atoms with E-state index in [1.54, 1.807) is 6.07 Å². The van der Waals surface area contributed by atoms with Crippen LogP contribution < -0.4 is 10.2 Å². The molecule has 140 valence electrons. The quantitative estimate of drug-likeness (QED) is 0.659. The number of rotatable bonds is 5. The predicted octanol–water partition coefficient (Wildman–Crippen LogP) is 3.17. The summed E-state index contributed by atoms with van der Waals surface area (Å²) in [5, 5.41) is 2.84. The van der Waals surface area contributed by atoms with Crippen LogP contribution in [0.1, 0.15) is 15.9 Å². The van der Waals surface area contributed by atoms with Crippen molar-refractivity contribution >= 4 is 49.9 Å². The van der Waals surface area contributed by atoms with E-state index >= 15 is 0 Å². The second kappa shape index (κ2) is 7.93. The number of anilines is 2. The van der Waals surface area contributed by atoms with Crippen molar-refractivity contribution in [3.8, 4) is 0 Å². The lowest BCUT2D eigenvalue weighted by Gasteiger charge is -2.17. The second-order valence-corrected chi connectivity index (χ2v) is 9.59. The molecule has 26 heavy (non-hydrogen) atoms. The summed E-state index contributed by atoms with van der Waals surface area (Å²) >= 11 is 2.03. The van der Waals surface area contributed by atoms with Crippen molar-refractivity contribution in [2.45, 2.75) is 11.8 Å². The number of hydrogen-bond donors (Lipinski definition) is 1. The van der Waals surface area contributed by atoms with Crippen LogP contribution in [0.3, 0.4) is 0 Å². The molecule has 0 aliphatic carbocycles. The number of benzene rings is 2. The first-order chi connectivity index (χ1) is 12.0. The van der Waals surface area contributed by atoms with E-state index in [9.17, 15) is 13.2 Å². The van der Waals surface area contributed by atoms with E-state index in [-0.39, 0.29) is 10.8 Å². The first-order valence-electron chi connectivity index (χ1n) is 7.85. The van der Waals surface area contributed by atoms with Gasteiger partial charge in [0.2, 0.25) is 10.0 Å². The molecule has 1 amide bonds. The molecule has 2 rings (SSSR count). The van der Waals surface area contributed by atoms with Crippen molar-refractivity contribution in [1.82, 2.24) is 4.31 Å². The van der Waals surface area contributed by atoms with Gasteiger partial charge in [0.15, 0.2) is 0 Å². The molecule has 0 spiro atoms. The molecular formula is C18H22IN3O3S. The highest BCUT2D eigenvalue weighted by atomic mass is 127. The first-order valence-corrected chi connectivity index (χ1v) is 10.4. The fourth-order valence-electron chi connectivity index (χ4n) is 2.48. The Balaban J connectivity index is 2.34. The number of nitrogens with one attached hydrogen (secondary N) is 1. The Morgan fingerprint density at radius 1 is 1.04 bits per heavy atom.